The zero-order valence-electron chi connectivity index (χ0n) is 8.39. The summed E-state index contributed by atoms with van der Waals surface area (Å²) in [4.78, 5) is 0. The number of benzene rings is 1. The van der Waals surface area contributed by atoms with Gasteiger partial charge in [0.15, 0.2) is 17.5 Å². The first-order valence-corrected chi connectivity index (χ1v) is 4.40. The van der Waals surface area contributed by atoms with Crippen LogP contribution < -0.4 is 5.84 Å². The summed E-state index contributed by atoms with van der Waals surface area (Å²) in [7, 11) is 0. The van der Waals surface area contributed by atoms with E-state index >= 15 is 0 Å². The summed E-state index contributed by atoms with van der Waals surface area (Å²) in [5.74, 6) is 1.02. The second-order valence-corrected chi connectivity index (χ2v) is 3.42. The van der Waals surface area contributed by atoms with Crippen LogP contribution in [-0.4, -0.2) is 5.71 Å². The van der Waals surface area contributed by atoms with E-state index in [0.717, 1.165) is 12.1 Å². The van der Waals surface area contributed by atoms with Crippen LogP contribution in [0.15, 0.2) is 17.2 Å². The Hall–Kier alpha value is -1.52. The molecule has 2 N–H and O–H groups in total. The fourth-order valence-corrected chi connectivity index (χ4v) is 1.26. The van der Waals surface area contributed by atoms with Gasteiger partial charge in [0.2, 0.25) is 0 Å². The van der Waals surface area contributed by atoms with Crippen molar-refractivity contribution >= 4 is 5.71 Å². The highest BCUT2D eigenvalue weighted by atomic mass is 19.2. The van der Waals surface area contributed by atoms with Crippen LogP contribution in [-0.2, 0) is 0 Å². The van der Waals surface area contributed by atoms with Crippen molar-refractivity contribution in [1.82, 2.24) is 0 Å². The second kappa shape index (κ2) is 4.33. The van der Waals surface area contributed by atoms with Gasteiger partial charge in [-0.25, -0.2) is 13.2 Å². The third-order valence-corrected chi connectivity index (χ3v) is 1.97. The summed E-state index contributed by atoms with van der Waals surface area (Å²) in [5, 5.41) is 3.43. The number of rotatable bonds is 2. The molecule has 0 atom stereocenters. The van der Waals surface area contributed by atoms with Crippen molar-refractivity contribution in [2.45, 2.75) is 13.8 Å². The Morgan fingerprint density at radius 1 is 1.20 bits per heavy atom. The number of hydrazone groups is 1. The molecule has 0 unspecified atom stereocenters. The molecular formula is C10H11F3N2. The van der Waals surface area contributed by atoms with Crippen molar-refractivity contribution in [3.8, 4) is 0 Å². The quantitative estimate of drug-likeness (QED) is 0.350. The summed E-state index contributed by atoms with van der Waals surface area (Å²) in [5.41, 5.74) is 0.483. The van der Waals surface area contributed by atoms with E-state index in [0.29, 0.717) is 5.71 Å². The van der Waals surface area contributed by atoms with Crippen molar-refractivity contribution in [3.05, 3.63) is 35.1 Å². The minimum atomic E-state index is -1.49. The van der Waals surface area contributed by atoms with E-state index in [2.05, 4.69) is 5.10 Å². The third kappa shape index (κ3) is 2.29. The van der Waals surface area contributed by atoms with Gasteiger partial charge < -0.3 is 5.84 Å². The molecule has 0 aliphatic carbocycles. The van der Waals surface area contributed by atoms with Gasteiger partial charge in [0.25, 0.3) is 0 Å². The van der Waals surface area contributed by atoms with E-state index in [9.17, 15) is 13.2 Å². The third-order valence-electron chi connectivity index (χ3n) is 1.97. The lowest BCUT2D eigenvalue weighted by molar-refractivity contribution is 0.446. The van der Waals surface area contributed by atoms with Gasteiger partial charge in [-0.3, -0.25) is 0 Å². The van der Waals surface area contributed by atoms with E-state index in [-0.39, 0.29) is 11.5 Å². The molecule has 2 nitrogen and oxygen atoms in total. The van der Waals surface area contributed by atoms with E-state index in [1.807, 2.05) is 0 Å². The normalized spacial score (nSPS) is 12.3. The summed E-state index contributed by atoms with van der Waals surface area (Å²) in [6.45, 7) is 3.54. The molecule has 82 valence electrons. The molecule has 0 aromatic heterocycles. The molecule has 0 aliphatic heterocycles. The van der Waals surface area contributed by atoms with Gasteiger partial charge in [-0.1, -0.05) is 13.8 Å². The van der Waals surface area contributed by atoms with E-state index in [1.165, 1.54) is 0 Å². The van der Waals surface area contributed by atoms with Crippen LogP contribution in [0.1, 0.15) is 19.4 Å². The van der Waals surface area contributed by atoms with Gasteiger partial charge >= 0.3 is 0 Å². The van der Waals surface area contributed by atoms with Crippen molar-refractivity contribution in [2.24, 2.45) is 16.9 Å². The summed E-state index contributed by atoms with van der Waals surface area (Å²) < 4.78 is 38.4. The molecule has 15 heavy (non-hydrogen) atoms. The second-order valence-electron chi connectivity index (χ2n) is 3.42. The largest absolute Gasteiger partial charge is 0.323 e. The lowest BCUT2D eigenvalue weighted by atomic mass is 10.00. The SMILES string of the molecule is CC(C)C(=NN)c1cc(F)c(F)c(F)c1. The molecule has 0 saturated heterocycles. The molecule has 0 radical (unpaired) electrons. The average molecular weight is 216 g/mol. The molecule has 0 saturated carbocycles. The fraction of sp³-hybridized carbons (Fsp3) is 0.300. The Morgan fingerprint density at radius 2 is 1.67 bits per heavy atom. The zero-order chi connectivity index (χ0) is 11.6. The van der Waals surface area contributed by atoms with E-state index in [4.69, 9.17) is 5.84 Å². The molecule has 1 aromatic carbocycles. The first-order chi connectivity index (χ1) is 6.97. The molecule has 0 heterocycles. The van der Waals surface area contributed by atoms with Crippen LogP contribution in [0.2, 0.25) is 0 Å². The van der Waals surface area contributed by atoms with Gasteiger partial charge in [0.1, 0.15) is 0 Å². The van der Waals surface area contributed by atoms with E-state index in [1.54, 1.807) is 13.8 Å². The first kappa shape index (κ1) is 11.6. The number of hydrogen-bond acceptors (Lipinski definition) is 2. The van der Waals surface area contributed by atoms with Crippen molar-refractivity contribution in [1.29, 1.82) is 0 Å². The summed E-state index contributed by atoms with van der Waals surface area (Å²) in [6.07, 6.45) is 0. The van der Waals surface area contributed by atoms with Crippen molar-refractivity contribution < 1.29 is 13.2 Å². The van der Waals surface area contributed by atoms with Crippen molar-refractivity contribution in [2.75, 3.05) is 0 Å². The predicted molar refractivity (Wildman–Crippen MR) is 51.9 cm³/mol. The van der Waals surface area contributed by atoms with Crippen molar-refractivity contribution in [3.63, 3.8) is 0 Å². The Balaban J connectivity index is 3.28. The van der Waals surface area contributed by atoms with E-state index < -0.39 is 17.5 Å². The predicted octanol–water partition coefficient (Wildman–Crippen LogP) is 2.42. The lowest BCUT2D eigenvalue weighted by Gasteiger charge is -2.09. The highest BCUT2D eigenvalue weighted by molar-refractivity contribution is 6.01. The Labute approximate surface area is 85.6 Å². The van der Waals surface area contributed by atoms with Crippen LogP contribution in [0.3, 0.4) is 0 Å². The first-order valence-electron chi connectivity index (χ1n) is 4.40. The maximum atomic E-state index is 12.9. The minimum Gasteiger partial charge on any atom is -0.323 e. The lowest BCUT2D eigenvalue weighted by Crippen LogP contribution is -2.13. The fourth-order valence-electron chi connectivity index (χ4n) is 1.26. The highest BCUT2D eigenvalue weighted by Crippen LogP contribution is 2.16. The maximum absolute atomic E-state index is 12.9. The van der Waals surface area contributed by atoms with Gasteiger partial charge in [-0.2, -0.15) is 5.10 Å². The molecule has 0 amide bonds. The monoisotopic (exact) mass is 216 g/mol. The van der Waals surface area contributed by atoms with Crippen LogP contribution in [0, 0.1) is 23.4 Å². The topological polar surface area (TPSA) is 38.4 Å². The van der Waals surface area contributed by atoms with Crippen LogP contribution in [0.5, 0.6) is 0 Å². The molecule has 0 spiro atoms. The molecule has 0 fully saturated rings. The Bertz CT molecular complexity index is 377. The number of hydrogen-bond donors (Lipinski definition) is 1. The number of nitrogens with zero attached hydrogens (tertiary/aromatic N) is 1. The van der Waals surface area contributed by atoms with Gasteiger partial charge in [0.05, 0.1) is 5.71 Å². The summed E-state index contributed by atoms with van der Waals surface area (Å²) >= 11 is 0. The maximum Gasteiger partial charge on any atom is 0.194 e. The van der Waals surface area contributed by atoms with Gasteiger partial charge in [-0.15, -0.1) is 0 Å². The van der Waals surface area contributed by atoms with Crippen LogP contribution in [0.25, 0.3) is 0 Å². The Kier molecular flexibility index (Phi) is 3.34. The molecule has 0 aliphatic rings. The summed E-state index contributed by atoms with van der Waals surface area (Å²) in [6, 6.07) is 1.76. The van der Waals surface area contributed by atoms with Crippen LogP contribution in [0.4, 0.5) is 13.2 Å². The zero-order valence-corrected chi connectivity index (χ0v) is 8.39. The van der Waals surface area contributed by atoms with Gasteiger partial charge in [-0.05, 0) is 18.1 Å². The molecule has 0 bridgehead atoms. The van der Waals surface area contributed by atoms with Gasteiger partial charge in [0, 0.05) is 5.56 Å². The molecule has 1 aromatic rings. The number of nitrogens with two attached hydrogens (primary N) is 1. The molecular weight excluding hydrogens is 205 g/mol. The standard InChI is InChI=1S/C10H11F3N2/c1-5(2)10(15-14)6-3-7(11)9(13)8(12)4-6/h3-5H,14H2,1-2H3. The average Bonchev–Trinajstić information content (AvgIpc) is 2.14. The minimum absolute atomic E-state index is 0.0979. The number of halogens is 3. The molecule has 5 heteroatoms. The van der Waals surface area contributed by atoms with Crippen LogP contribution >= 0.6 is 0 Å². The Morgan fingerprint density at radius 3 is 2.00 bits per heavy atom. The highest BCUT2D eigenvalue weighted by Gasteiger charge is 2.15. The smallest absolute Gasteiger partial charge is 0.194 e. The molecule has 1 rings (SSSR count).